The van der Waals surface area contributed by atoms with Crippen LogP contribution in [0.2, 0.25) is 10.0 Å². The number of amides is 1. The zero-order valence-corrected chi connectivity index (χ0v) is 19.6. The lowest BCUT2D eigenvalue weighted by Gasteiger charge is -2.10. The van der Waals surface area contributed by atoms with Gasteiger partial charge in [-0.1, -0.05) is 35.9 Å². The van der Waals surface area contributed by atoms with E-state index in [0.29, 0.717) is 34.3 Å². The maximum absolute atomic E-state index is 12.4. The second-order valence-electron chi connectivity index (χ2n) is 6.75. The average Bonchev–Trinajstić information content (AvgIpc) is 2.85. The summed E-state index contributed by atoms with van der Waals surface area (Å²) in [5, 5.41) is 4.54. The highest BCUT2D eigenvalue weighted by molar-refractivity contribution is 6.42. The number of nitrogens with zero attached hydrogens (tertiary/aromatic N) is 1. The van der Waals surface area contributed by atoms with E-state index in [1.165, 1.54) is 31.5 Å². The molecule has 0 unspecified atom stereocenters. The lowest BCUT2D eigenvalue weighted by molar-refractivity contribution is 0.0729. The SMILES string of the molecule is C=CCOc1ccc(C(=O)N/N=C/c2ccc(OC(=O)c3ccc(Cl)c(Cl)c3)c(OC)c2)cc1. The number of benzene rings is 3. The fourth-order valence-corrected chi connectivity index (χ4v) is 3.02. The normalized spacial score (nSPS) is 10.6. The van der Waals surface area contributed by atoms with Gasteiger partial charge in [0, 0.05) is 5.56 Å². The first-order valence-corrected chi connectivity index (χ1v) is 10.7. The highest BCUT2D eigenvalue weighted by atomic mass is 35.5. The molecule has 0 aliphatic heterocycles. The average molecular weight is 499 g/mol. The standard InChI is InChI=1S/C25H20Cl2N2O5/c1-3-12-33-19-8-5-17(6-9-19)24(30)29-28-15-16-4-11-22(23(13-16)32-2)34-25(31)18-7-10-20(26)21(27)14-18/h3-11,13-15H,1,12H2,2H3,(H,29,30)/b28-15+. The van der Waals surface area contributed by atoms with E-state index in [1.54, 1.807) is 48.5 Å². The number of halogens is 2. The van der Waals surface area contributed by atoms with Gasteiger partial charge in [-0.15, -0.1) is 0 Å². The molecule has 9 heteroatoms. The van der Waals surface area contributed by atoms with Gasteiger partial charge in [0.05, 0.1) is 28.9 Å². The summed E-state index contributed by atoms with van der Waals surface area (Å²) in [7, 11) is 1.44. The molecule has 1 N–H and O–H groups in total. The molecule has 0 heterocycles. The molecule has 34 heavy (non-hydrogen) atoms. The van der Waals surface area contributed by atoms with Crippen LogP contribution in [0.4, 0.5) is 0 Å². The summed E-state index contributed by atoms with van der Waals surface area (Å²) in [6, 6.07) is 15.9. The number of methoxy groups -OCH3 is 1. The maximum Gasteiger partial charge on any atom is 0.343 e. The number of carbonyl (C=O) groups is 2. The van der Waals surface area contributed by atoms with Gasteiger partial charge in [-0.25, -0.2) is 10.2 Å². The Morgan fingerprint density at radius 2 is 1.71 bits per heavy atom. The lowest BCUT2D eigenvalue weighted by atomic mass is 10.2. The van der Waals surface area contributed by atoms with Crippen LogP contribution in [-0.2, 0) is 0 Å². The molecular weight excluding hydrogens is 479 g/mol. The number of nitrogens with one attached hydrogen (secondary N) is 1. The van der Waals surface area contributed by atoms with E-state index in [2.05, 4.69) is 17.1 Å². The number of hydrogen-bond acceptors (Lipinski definition) is 6. The van der Waals surface area contributed by atoms with E-state index >= 15 is 0 Å². The lowest BCUT2D eigenvalue weighted by Crippen LogP contribution is -2.17. The molecule has 0 aromatic heterocycles. The Kier molecular flexibility index (Phi) is 8.67. The van der Waals surface area contributed by atoms with Crippen molar-refractivity contribution in [3.05, 3.63) is 100 Å². The molecule has 7 nitrogen and oxygen atoms in total. The molecular formula is C25H20Cl2N2O5. The van der Waals surface area contributed by atoms with E-state index < -0.39 is 5.97 Å². The minimum absolute atomic E-state index is 0.207. The summed E-state index contributed by atoms with van der Waals surface area (Å²) >= 11 is 11.8. The zero-order valence-electron chi connectivity index (χ0n) is 18.1. The number of esters is 1. The minimum Gasteiger partial charge on any atom is -0.493 e. The van der Waals surface area contributed by atoms with Crippen LogP contribution >= 0.6 is 23.2 Å². The molecule has 0 spiro atoms. The van der Waals surface area contributed by atoms with Gasteiger partial charge < -0.3 is 14.2 Å². The molecule has 3 rings (SSSR count). The fourth-order valence-electron chi connectivity index (χ4n) is 2.72. The summed E-state index contributed by atoms with van der Waals surface area (Å²) in [6.45, 7) is 3.96. The molecule has 0 saturated heterocycles. The third-order valence-electron chi connectivity index (χ3n) is 4.41. The number of hydrogen-bond donors (Lipinski definition) is 1. The van der Waals surface area contributed by atoms with Crippen LogP contribution in [-0.4, -0.2) is 31.8 Å². The van der Waals surface area contributed by atoms with Crippen molar-refractivity contribution in [3.63, 3.8) is 0 Å². The minimum atomic E-state index is -0.619. The van der Waals surface area contributed by atoms with E-state index in [-0.39, 0.29) is 22.2 Å². The highest BCUT2D eigenvalue weighted by Crippen LogP contribution is 2.29. The molecule has 0 aliphatic carbocycles. The monoisotopic (exact) mass is 498 g/mol. The van der Waals surface area contributed by atoms with Crippen molar-refractivity contribution in [2.45, 2.75) is 0 Å². The van der Waals surface area contributed by atoms with Crippen LogP contribution < -0.4 is 19.6 Å². The van der Waals surface area contributed by atoms with Crippen LogP contribution in [0.5, 0.6) is 17.2 Å². The zero-order chi connectivity index (χ0) is 24.5. The molecule has 0 saturated carbocycles. The van der Waals surface area contributed by atoms with Crippen LogP contribution in [0.25, 0.3) is 0 Å². The van der Waals surface area contributed by atoms with Crippen molar-refractivity contribution in [1.29, 1.82) is 0 Å². The molecule has 0 aliphatic rings. The maximum atomic E-state index is 12.4. The molecule has 0 fully saturated rings. The van der Waals surface area contributed by atoms with Gasteiger partial charge >= 0.3 is 5.97 Å². The van der Waals surface area contributed by atoms with Gasteiger partial charge in [0.2, 0.25) is 0 Å². The van der Waals surface area contributed by atoms with Gasteiger partial charge in [0.15, 0.2) is 11.5 Å². The first-order valence-electron chi connectivity index (χ1n) is 9.93. The van der Waals surface area contributed by atoms with Crippen molar-refractivity contribution in [2.75, 3.05) is 13.7 Å². The molecule has 3 aromatic rings. The van der Waals surface area contributed by atoms with E-state index in [0.717, 1.165) is 0 Å². The molecule has 1 amide bonds. The van der Waals surface area contributed by atoms with E-state index in [4.69, 9.17) is 37.4 Å². The summed E-state index contributed by atoms with van der Waals surface area (Å²) < 4.78 is 16.1. The Labute approximate surface area is 206 Å². The topological polar surface area (TPSA) is 86.2 Å². The fraction of sp³-hybridized carbons (Fsp3) is 0.0800. The summed E-state index contributed by atoms with van der Waals surface area (Å²) in [6.07, 6.45) is 3.07. The Morgan fingerprint density at radius 3 is 2.38 bits per heavy atom. The van der Waals surface area contributed by atoms with Gasteiger partial charge in [0.1, 0.15) is 12.4 Å². The smallest absolute Gasteiger partial charge is 0.343 e. The van der Waals surface area contributed by atoms with Crippen molar-refractivity contribution in [1.82, 2.24) is 5.43 Å². The van der Waals surface area contributed by atoms with Crippen molar-refractivity contribution in [2.24, 2.45) is 5.10 Å². The van der Waals surface area contributed by atoms with Crippen LogP contribution in [0.1, 0.15) is 26.3 Å². The van der Waals surface area contributed by atoms with Crippen LogP contribution in [0, 0.1) is 0 Å². The Hall–Kier alpha value is -3.81. The number of hydrazone groups is 1. The number of rotatable bonds is 9. The third kappa shape index (κ3) is 6.60. The third-order valence-corrected chi connectivity index (χ3v) is 5.15. The summed E-state index contributed by atoms with van der Waals surface area (Å²) in [4.78, 5) is 24.7. The number of ether oxygens (including phenoxy) is 3. The van der Waals surface area contributed by atoms with Gasteiger partial charge in [0.25, 0.3) is 5.91 Å². The Bertz CT molecular complexity index is 1230. The van der Waals surface area contributed by atoms with Crippen molar-refractivity contribution in [3.8, 4) is 17.2 Å². The summed E-state index contributed by atoms with van der Waals surface area (Å²) in [5.74, 6) is 0.140. The first-order chi connectivity index (χ1) is 16.4. The largest absolute Gasteiger partial charge is 0.493 e. The number of carbonyl (C=O) groups excluding carboxylic acids is 2. The van der Waals surface area contributed by atoms with Crippen LogP contribution in [0.15, 0.2) is 78.4 Å². The second kappa shape index (κ2) is 11.9. The summed E-state index contributed by atoms with van der Waals surface area (Å²) in [5.41, 5.74) is 3.72. The van der Waals surface area contributed by atoms with Crippen molar-refractivity contribution >= 4 is 41.3 Å². The predicted molar refractivity (Wildman–Crippen MR) is 132 cm³/mol. The molecule has 0 radical (unpaired) electrons. The van der Waals surface area contributed by atoms with Crippen molar-refractivity contribution < 1.29 is 23.8 Å². The molecule has 174 valence electrons. The van der Waals surface area contributed by atoms with Gasteiger partial charge in [-0.05, 0) is 66.2 Å². The first kappa shape index (κ1) is 24.8. The highest BCUT2D eigenvalue weighted by Gasteiger charge is 2.14. The molecule has 0 atom stereocenters. The van der Waals surface area contributed by atoms with Gasteiger partial charge in [-0.2, -0.15) is 5.10 Å². The molecule has 0 bridgehead atoms. The molecule has 3 aromatic carbocycles. The van der Waals surface area contributed by atoms with E-state index in [9.17, 15) is 9.59 Å². The quantitative estimate of drug-likeness (QED) is 0.137. The van der Waals surface area contributed by atoms with Crippen LogP contribution in [0.3, 0.4) is 0 Å². The Morgan fingerprint density at radius 1 is 0.971 bits per heavy atom. The predicted octanol–water partition coefficient (Wildman–Crippen LogP) is 5.55. The Balaban J connectivity index is 1.63. The van der Waals surface area contributed by atoms with E-state index in [1.807, 2.05) is 0 Å². The van der Waals surface area contributed by atoms with Gasteiger partial charge in [-0.3, -0.25) is 4.79 Å². The second-order valence-corrected chi connectivity index (χ2v) is 7.57.